The number of hydrogen-bond donors (Lipinski definition) is 1. The first kappa shape index (κ1) is 22.0. The second kappa shape index (κ2) is 8.96. The summed E-state index contributed by atoms with van der Waals surface area (Å²) in [6, 6.07) is 7.70. The molecule has 0 spiro atoms. The van der Waals surface area contributed by atoms with Gasteiger partial charge in [0, 0.05) is 29.6 Å². The molecule has 0 bridgehead atoms. The molecule has 12 heteroatoms. The summed E-state index contributed by atoms with van der Waals surface area (Å²) in [7, 11) is 2.74. The van der Waals surface area contributed by atoms with E-state index in [1.54, 1.807) is 0 Å². The zero-order chi connectivity index (χ0) is 22.6. The summed E-state index contributed by atoms with van der Waals surface area (Å²) in [4.78, 5) is 32.9. The molecule has 162 valence electrons. The average molecular weight is 453 g/mol. The van der Waals surface area contributed by atoms with Gasteiger partial charge in [0.25, 0.3) is 11.5 Å². The van der Waals surface area contributed by atoms with Crippen molar-refractivity contribution in [3.8, 4) is 23.3 Å². The Bertz CT molecular complexity index is 1150. The largest absolute Gasteiger partial charge is 0.487 e. The first-order chi connectivity index (χ1) is 14.7. The van der Waals surface area contributed by atoms with Crippen LogP contribution in [0.5, 0.6) is 17.6 Å². The number of rotatable bonds is 7. The Morgan fingerprint density at radius 2 is 1.84 bits per heavy atom. The predicted molar refractivity (Wildman–Crippen MR) is 107 cm³/mol. The molecule has 1 N–H and O–H groups in total. The molecule has 0 aliphatic carbocycles. The van der Waals surface area contributed by atoms with Gasteiger partial charge in [0.1, 0.15) is 11.4 Å². The van der Waals surface area contributed by atoms with Crippen LogP contribution in [0.2, 0.25) is 0 Å². The van der Waals surface area contributed by atoms with Crippen LogP contribution in [0.15, 0.2) is 53.6 Å². The molecule has 2 aromatic heterocycles. The van der Waals surface area contributed by atoms with Crippen LogP contribution in [0, 0.1) is 0 Å². The molecule has 2 heterocycles. The van der Waals surface area contributed by atoms with Gasteiger partial charge >= 0.3 is 11.6 Å². The number of alkyl halides is 3. The molecule has 0 aliphatic rings. The smallest absolute Gasteiger partial charge is 0.479 e. The fourth-order valence-corrected chi connectivity index (χ4v) is 2.60. The lowest BCUT2D eigenvalue weighted by atomic mass is 10.2. The van der Waals surface area contributed by atoms with Crippen molar-refractivity contribution in [2.24, 2.45) is 0 Å². The number of halogens is 3. The van der Waals surface area contributed by atoms with E-state index >= 15 is 0 Å². The third-order valence-electron chi connectivity index (χ3n) is 3.87. The van der Waals surface area contributed by atoms with Crippen LogP contribution in [-0.4, -0.2) is 40.2 Å². The van der Waals surface area contributed by atoms with Crippen LogP contribution < -0.4 is 25.1 Å². The number of pyridine rings is 1. The summed E-state index contributed by atoms with van der Waals surface area (Å²) in [6.45, 7) is 0. The number of benzene rings is 1. The van der Waals surface area contributed by atoms with E-state index in [2.05, 4.69) is 20.0 Å². The van der Waals surface area contributed by atoms with Gasteiger partial charge in [0.15, 0.2) is 0 Å². The SMILES string of the molecule is COc1ncc(-n2cc(C(=O)Nc3ccc(OC(F)(F)Cl)cc3)ccc2=O)c(OC)n1. The first-order valence-electron chi connectivity index (χ1n) is 8.55. The molecule has 3 aromatic rings. The van der Waals surface area contributed by atoms with Crippen molar-refractivity contribution in [1.29, 1.82) is 0 Å². The maximum atomic E-state index is 12.7. The van der Waals surface area contributed by atoms with Crippen LogP contribution >= 0.6 is 11.6 Å². The lowest BCUT2D eigenvalue weighted by Crippen LogP contribution is -2.21. The summed E-state index contributed by atoms with van der Waals surface area (Å²) in [6.07, 6.45) is 2.61. The number of anilines is 1. The number of aromatic nitrogens is 3. The van der Waals surface area contributed by atoms with Crippen molar-refractivity contribution in [3.63, 3.8) is 0 Å². The molecule has 0 aliphatic heterocycles. The van der Waals surface area contributed by atoms with Crippen LogP contribution in [0.4, 0.5) is 14.5 Å². The second-order valence-corrected chi connectivity index (χ2v) is 6.34. The molecular formula is C19H15ClF2N4O5. The highest BCUT2D eigenvalue weighted by Crippen LogP contribution is 2.26. The van der Waals surface area contributed by atoms with Gasteiger partial charge in [-0.2, -0.15) is 4.98 Å². The third-order valence-corrected chi connectivity index (χ3v) is 3.95. The van der Waals surface area contributed by atoms with Crippen molar-refractivity contribution in [2.45, 2.75) is 5.57 Å². The Balaban J connectivity index is 1.85. The molecular weight excluding hydrogens is 438 g/mol. The van der Waals surface area contributed by atoms with Crippen molar-refractivity contribution >= 4 is 23.2 Å². The van der Waals surface area contributed by atoms with Gasteiger partial charge in [0.05, 0.1) is 26.0 Å². The minimum atomic E-state index is -3.84. The fourth-order valence-electron chi connectivity index (χ4n) is 2.51. The standard InChI is InChI=1S/C19H15ClF2N4O5/c1-29-17-14(9-23-18(25-17)30-2)26-10-11(3-8-15(26)27)16(28)24-12-4-6-13(7-5-12)31-19(20,21)22/h3-10H,1-2H3,(H,24,28). The number of nitrogens with zero attached hydrogens (tertiary/aromatic N) is 3. The predicted octanol–water partition coefficient (Wildman–Crippen LogP) is 3.06. The lowest BCUT2D eigenvalue weighted by molar-refractivity contribution is -0.0964. The van der Waals surface area contributed by atoms with Gasteiger partial charge in [0.2, 0.25) is 5.88 Å². The van der Waals surface area contributed by atoms with E-state index in [4.69, 9.17) is 21.1 Å². The molecule has 0 saturated carbocycles. The number of amides is 1. The number of carbonyl (C=O) groups is 1. The molecule has 9 nitrogen and oxygen atoms in total. The van der Waals surface area contributed by atoms with Crippen LogP contribution in [0.1, 0.15) is 10.4 Å². The molecule has 31 heavy (non-hydrogen) atoms. The van der Waals surface area contributed by atoms with E-state index in [-0.39, 0.29) is 28.9 Å². The molecule has 1 amide bonds. The van der Waals surface area contributed by atoms with Gasteiger partial charge in [-0.1, -0.05) is 0 Å². The number of hydrogen-bond acceptors (Lipinski definition) is 7. The highest BCUT2D eigenvalue weighted by Gasteiger charge is 2.27. The van der Waals surface area contributed by atoms with Gasteiger partial charge < -0.3 is 19.5 Å². The fraction of sp³-hybridized carbons (Fsp3) is 0.158. The van der Waals surface area contributed by atoms with E-state index in [1.807, 2.05) is 0 Å². The van der Waals surface area contributed by atoms with Crippen molar-refractivity contribution in [2.75, 3.05) is 19.5 Å². The van der Waals surface area contributed by atoms with E-state index in [9.17, 15) is 18.4 Å². The molecule has 0 fully saturated rings. The highest BCUT2D eigenvalue weighted by molar-refractivity contribution is 6.20. The minimum Gasteiger partial charge on any atom is -0.479 e. The second-order valence-electron chi connectivity index (χ2n) is 5.90. The maximum absolute atomic E-state index is 12.7. The van der Waals surface area contributed by atoms with Gasteiger partial charge in [-0.25, -0.2) is 4.98 Å². The molecule has 0 atom stereocenters. The van der Waals surface area contributed by atoms with Crippen LogP contribution in [0.25, 0.3) is 5.69 Å². The molecule has 3 rings (SSSR count). The Labute approximate surface area is 179 Å². The normalized spacial score (nSPS) is 11.0. The zero-order valence-corrected chi connectivity index (χ0v) is 16.9. The first-order valence-corrected chi connectivity index (χ1v) is 8.93. The zero-order valence-electron chi connectivity index (χ0n) is 16.1. The van der Waals surface area contributed by atoms with E-state index in [1.165, 1.54) is 63.0 Å². The van der Waals surface area contributed by atoms with Gasteiger partial charge in [-0.15, -0.1) is 8.78 Å². The Kier molecular flexibility index (Phi) is 6.35. The summed E-state index contributed by atoms with van der Waals surface area (Å²) < 4.78 is 40.8. The Hall–Kier alpha value is -3.73. The van der Waals surface area contributed by atoms with Crippen molar-refractivity contribution < 1.29 is 27.8 Å². The molecule has 0 radical (unpaired) electrons. The summed E-state index contributed by atoms with van der Waals surface area (Å²) in [5.74, 6) is -0.671. The maximum Gasteiger partial charge on any atom is 0.487 e. The summed E-state index contributed by atoms with van der Waals surface area (Å²) >= 11 is 4.71. The van der Waals surface area contributed by atoms with Gasteiger partial charge in [-0.05, 0) is 30.3 Å². The topological polar surface area (TPSA) is 105 Å². The van der Waals surface area contributed by atoms with Gasteiger partial charge in [-0.3, -0.25) is 14.2 Å². The monoisotopic (exact) mass is 452 g/mol. The molecule has 0 saturated heterocycles. The number of methoxy groups -OCH3 is 2. The Morgan fingerprint density at radius 1 is 1.13 bits per heavy atom. The summed E-state index contributed by atoms with van der Waals surface area (Å²) in [5, 5.41) is 2.58. The van der Waals surface area contributed by atoms with Crippen molar-refractivity contribution in [3.05, 3.63) is 64.7 Å². The van der Waals surface area contributed by atoms with Crippen LogP contribution in [0.3, 0.4) is 0 Å². The minimum absolute atomic E-state index is 0.0434. The quantitative estimate of drug-likeness (QED) is 0.549. The molecule has 1 aromatic carbocycles. The van der Waals surface area contributed by atoms with E-state index in [0.29, 0.717) is 5.69 Å². The highest BCUT2D eigenvalue weighted by atomic mass is 35.5. The number of nitrogens with one attached hydrogen (secondary N) is 1. The molecule has 0 unspecified atom stereocenters. The Morgan fingerprint density at radius 3 is 2.45 bits per heavy atom. The van der Waals surface area contributed by atoms with Crippen molar-refractivity contribution in [1.82, 2.24) is 14.5 Å². The third kappa shape index (κ3) is 5.45. The lowest BCUT2D eigenvalue weighted by Gasteiger charge is -2.12. The summed E-state index contributed by atoms with van der Waals surface area (Å²) in [5.41, 5.74) is -3.66. The number of carbonyl (C=O) groups excluding carboxylic acids is 1. The van der Waals surface area contributed by atoms with E-state index < -0.39 is 17.0 Å². The van der Waals surface area contributed by atoms with E-state index in [0.717, 1.165) is 4.57 Å². The average Bonchev–Trinajstić information content (AvgIpc) is 2.74. The number of ether oxygens (including phenoxy) is 3. The van der Waals surface area contributed by atoms with Crippen LogP contribution in [-0.2, 0) is 0 Å².